The number of H-pyrrole nitrogens is 1. The monoisotopic (exact) mass is 387 g/mol. The highest BCUT2D eigenvalue weighted by Gasteiger charge is 2.11. The van der Waals surface area contributed by atoms with Crippen molar-refractivity contribution in [2.24, 2.45) is 0 Å². The normalized spacial score (nSPS) is 10.8. The van der Waals surface area contributed by atoms with Gasteiger partial charge in [-0.25, -0.2) is 4.79 Å². The second-order valence-electron chi connectivity index (χ2n) is 5.38. The molecule has 0 saturated carbocycles. The molecule has 0 atom stereocenters. The molecule has 0 bridgehead atoms. The van der Waals surface area contributed by atoms with Crippen LogP contribution in [0.2, 0.25) is 0 Å². The van der Waals surface area contributed by atoms with Gasteiger partial charge in [0.1, 0.15) is 6.54 Å². The molecule has 0 aliphatic rings. The van der Waals surface area contributed by atoms with Gasteiger partial charge in [-0.05, 0) is 42.8 Å². The van der Waals surface area contributed by atoms with E-state index < -0.39 is 17.2 Å². The fraction of sp³-hybridized carbons (Fsp3) is 0.118. The van der Waals surface area contributed by atoms with Crippen LogP contribution in [0.5, 0.6) is 0 Å². The highest BCUT2D eigenvalue weighted by molar-refractivity contribution is 9.10. The van der Waals surface area contributed by atoms with Crippen molar-refractivity contribution in [2.45, 2.75) is 13.5 Å². The van der Waals surface area contributed by atoms with Crippen LogP contribution in [0.4, 0.5) is 5.69 Å². The molecule has 3 rings (SSSR count). The van der Waals surface area contributed by atoms with E-state index in [-0.39, 0.29) is 6.54 Å². The van der Waals surface area contributed by atoms with E-state index in [9.17, 15) is 14.4 Å². The molecule has 0 radical (unpaired) electrons. The lowest BCUT2D eigenvalue weighted by Gasteiger charge is -2.09. The number of carbonyl (C=O) groups is 1. The number of nitrogens with zero attached hydrogens (tertiary/aromatic N) is 1. The highest BCUT2D eigenvalue weighted by Crippen LogP contribution is 2.19. The average Bonchev–Trinajstić information content (AvgIpc) is 2.55. The van der Waals surface area contributed by atoms with Crippen LogP contribution in [0.3, 0.4) is 0 Å². The number of fused-ring (bicyclic) bond motifs is 1. The minimum absolute atomic E-state index is 0.353. The Balaban J connectivity index is 1.89. The first-order valence-electron chi connectivity index (χ1n) is 7.23. The maximum atomic E-state index is 12.4. The minimum atomic E-state index is -0.610. The third-order valence-electron chi connectivity index (χ3n) is 3.63. The molecule has 6 nitrogen and oxygen atoms in total. The number of nitrogens with one attached hydrogen (secondary N) is 2. The van der Waals surface area contributed by atoms with Crippen molar-refractivity contribution in [3.05, 3.63) is 73.3 Å². The molecule has 7 heteroatoms. The van der Waals surface area contributed by atoms with E-state index in [1.807, 2.05) is 13.0 Å². The van der Waals surface area contributed by atoms with Crippen molar-refractivity contribution >= 4 is 38.4 Å². The Hall–Kier alpha value is -2.67. The first-order chi connectivity index (χ1) is 11.5. The van der Waals surface area contributed by atoms with Gasteiger partial charge in [-0.2, -0.15) is 0 Å². The molecule has 24 heavy (non-hydrogen) atoms. The van der Waals surface area contributed by atoms with E-state index in [1.54, 1.807) is 36.4 Å². The lowest BCUT2D eigenvalue weighted by atomic mass is 10.2. The number of amides is 1. The minimum Gasteiger partial charge on any atom is -0.325 e. The summed E-state index contributed by atoms with van der Waals surface area (Å²) in [6, 6.07) is 12.0. The van der Waals surface area contributed by atoms with Gasteiger partial charge in [-0.15, -0.1) is 0 Å². The van der Waals surface area contributed by atoms with Crippen LogP contribution in [0.1, 0.15) is 5.56 Å². The van der Waals surface area contributed by atoms with Crippen molar-refractivity contribution in [1.82, 2.24) is 9.55 Å². The zero-order valence-corrected chi connectivity index (χ0v) is 14.4. The Morgan fingerprint density at radius 1 is 1.21 bits per heavy atom. The van der Waals surface area contributed by atoms with E-state index in [4.69, 9.17) is 0 Å². The number of aromatic nitrogens is 2. The fourth-order valence-electron chi connectivity index (χ4n) is 2.41. The molecule has 1 amide bonds. The Bertz CT molecular complexity index is 1050. The molecule has 0 unspecified atom stereocenters. The number of para-hydroxylation sites is 1. The van der Waals surface area contributed by atoms with Crippen LogP contribution in [0, 0.1) is 6.92 Å². The molecule has 122 valence electrons. The number of benzene rings is 2. The molecule has 0 saturated heterocycles. The third-order valence-corrected chi connectivity index (χ3v) is 4.52. The number of carbonyl (C=O) groups excluding carboxylic acids is 1. The molecule has 0 aliphatic heterocycles. The predicted octanol–water partition coefficient (Wildman–Crippen LogP) is 2.40. The molecule has 2 N–H and O–H groups in total. The quantitative estimate of drug-likeness (QED) is 0.723. The number of hydrogen-bond donors (Lipinski definition) is 2. The van der Waals surface area contributed by atoms with Crippen LogP contribution < -0.4 is 16.6 Å². The van der Waals surface area contributed by atoms with Gasteiger partial charge in [-0.1, -0.05) is 28.1 Å². The highest BCUT2D eigenvalue weighted by atomic mass is 79.9. The Kier molecular flexibility index (Phi) is 4.35. The number of anilines is 1. The summed E-state index contributed by atoms with van der Waals surface area (Å²) in [5.74, 6) is -0.445. The van der Waals surface area contributed by atoms with Gasteiger partial charge in [0, 0.05) is 10.2 Å². The average molecular weight is 388 g/mol. The van der Waals surface area contributed by atoms with Crippen molar-refractivity contribution < 1.29 is 4.79 Å². The lowest BCUT2D eigenvalue weighted by Crippen LogP contribution is -2.38. The summed E-state index contributed by atoms with van der Waals surface area (Å²) < 4.78 is 1.83. The molecule has 0 fully saturated rings. The number of halogens is 1. The maximum Gasteiger partial charge on any atom is 0.329 e. The molecule has 1 heterocycles. The van der Waals surface area contributed by atoms with Gasteiger partial charge >= 0.3 is 5.69 Å². The van der Waals surface area contributed by atoms with Gasteiger partial charge in [0.2, 0.25) is 5.91 Å². The second kappa shape index (κ2) is 6.45. The Morgan fingerprint density at radius 2 is 1.96 bits per heavy atom. The summed E-state index contributed by atoms with van der Waals surface area (Å²) in [5, 5.41) is 3.05. The van der Waals surface area contributed by atoms with E-state index >= 15 is 0 Å². The summed E-state index contributed by atoms with van der Waals surface area (Å²) in [4.78, 5) is 39.2. The summed E-state index contributed by atoms with van der Waals surface area (Å²) in [6.07, 6.45) is 0. The molecule has 3 aromatic rings. The summed E-state index contributed by atoms with van der Waals surface area (Å²) in [5.41, 5.74) is 0.921. The molecule has 1 aromatic heterocycles. The molecular weight excluding hydrogens is 374 g/mol. The number of aryl methyl sites for hydroxylation is 1. The lowest BCUT2D eigenvalue weighted by molar-refractivity contribution is -0.116. The van der Waals surface area contributed by atoms with Gasteiger partial charge < -0.3 is 10.3 Å². The zero-order valence-electron chi connectivity index (χ0n) is 12.8. The van der Waals surface area contributed by atoms with Crippen LogP contribution in [0.25, 0.3) is 10.9 Å². The van der Waals surface area contributed by atoms with Crippen molar-refractivity contribution in [3.8, 4) is 0 Å². The largest absolute Gasteiger partial charge is 0.329 e. The van der Waals surface area contributed by atoms with Crippen LogP contribution in [0.15, 0.2) is 56.5 Å². The number of aromatic amines is 1. The van der Waals surface area contributed by atoms with Crippen LogP contribution in [-0.4, -0.2) is 15.5 Å². The first kappa shape index (κ1) is 16.2. The smallest absolute Gasteiger partial charge is 0.325 e. The maximum absolute atomic E-state index is 12.4. The van der Waals surface area contributed by atoms with Gasteiger partial charge in [0.25, 0.3) is 5.56 Å². The van der Waals surface area contributed by atoms with Crippen molar-refractivity contribution in [2.75, 3.05) is 5.32 Å². The summed E-state index contributed by atoms with van der Waals surface area (Å²) >= 11 is 3.39. The van der Waals surface area contributed by atoms with E-state index in [0.717, 1.165) is 14.6 Å². The van der Waals surface area contributed by atoms with E-state index in [2.05, 4.69) is 26.2 Å². The molecule has 2 aromatic carbocycles. The fourth-order valence-corrected chi connectivity index (χ4v) is 2.66. The first-order valence-corrected chi connectivity index (χ1v) is 8.03. The predicted molar refractivity (Wildman–Crippen MR) is 96.3 cm³/mol. The van der Waals surface area contributed by atoms with Gasteiger partial charge in [0.15, 0.2) is 0 Å². The SMILES string of the molecule is Cc1cc(NC(=O)Cn2c(=O)[nH]c3ccccc3c2=O)ccc1Br. The molecular formula is C17H14BrN3O3. The van der Waals surface area contributed by atoms with Crippen molar-refractivity contribution in [3.63, 3.8) is 0 Å². The molecule has 0 aliphatic carbocycles. The number of rotatable bonds is 3. The molecule has 0 spiro atoms. The summed E-state index contributed by atoms with van der Waals surface area (Å²) in [7, 11) is 0. The number of hydrogen-bond acceptors (Lipinski definition) is 3. The zero-order chi connectivity index (χ0) is 17.3. The van der Waals surface area contributed by atoms with E-state index in [1.165, 1.54) is 0 Å². The van der Waals surface area contributed by atoms with Crippen LogP contribution >= 0.6 is 15.9 Å². The second-order valence-corrected chi connectivity index (χ2v) is 6.23. The van der Waals surface area contributed by atoms with Crippen molar-refractivity contribution in [1.29, 1.82) is 0 Å². The Morgan fingerprint density at radius 3 is 2.71 bits per heavy atom. The third kappa shape index (κ3) is 3.16. The standard InChI is InChI=1S/C17H14BrN3O3/c1-10-8-11(6-7-13(10)18)19-15(22)9-21-16(23)12-4-2-3-5-14(12)20-17(21)24/h2-8H,9H2,1H3,(H,19,22)(H,20,24). The Labute approximate surface area is 145 Å². The van der Waals surface area contributed by atoms with E-state index in [0.29, 0.717) is 16.6 Å². The van der Waals surface area contributed by atoms with Crippen LogP contribution in [-0.2, 0) is 11.3 Å². The van der Waals surface area contributed by atoms with Gasteiger partial charge in [-0.3, -0.25) is 14.2 Å². The topological polar surface area (TPSA) is 84.0 Å². The summed E-state index contributed by atoms with van der Waals surface area (Å²) in [6.45, 7) is 1.55. The van der Waals surface area contributed by atoms with Gasteiger partial charge in [0.05, 0.1) is 10.9 Å².